The summed E-state index contributed by atoms with van der Waals surface area (Å²) in [4.78, 5) is 0. The third kappa shape index (κ3) is 1.82. The summed E-state index contributed by atoms with van der Waals surface area (Å²) in [5, 5.41) is 2.45. The fourth-order valence-electron chi connectivity index (χ4n) is 2.20. The predicted molar refractivity (Wildman–Crippen MR) is 76.2 cm³/mol. The first-order valence-corrected chi connectivity index (χ1v) is 5.88. The van der Waals surface area contributed by atoms with Gasteiger partial charge in [-0.3, -0.25) is 0 Å². The van der Waals surface area contributed by atoms with Crippen LogP contribution in [0.5, 0.6) is 0 Å². The lowest BCUT2D eigenvalue weighted by Crippen LogP contribution is -2.20. The van der Waals surface area contributed by atoms with Crippen LogP contribution in [0.15, 0.2) is 48.6 Å². The summed E-state index contributed by atoms with van der Waals surface area (Å²) < 4.78 is 0. The number of hydrogen-bond donors (Lipinski definition) is 1. The number of allylic oxidation sites excluding steroid dienone is 1. The van der Waals surface area contributed by atoms with E-state index in [9.17, 15) is 0 Å². The third-order valence-electron chi connectivity index (χ3n) is 3.65. The molecule has 2 N–H and O–H groups in total. The van der Waals surface area contributed by atoms with Crippen molar-refractivity contribution in [2.45, 2.75) is 26.2 Å². The number of hydrogen-bond acceptors (Lipinski definition) is 1. The van der Waals surface area contributed by atoms with Crippen molar-refractivity contribution in [2.24, 2.45) is 0 Å². The zero-order valence-electron chi connectivity index (χ0n) is 10.7. The minimum absolute atomic E-state index is 0.106. The Morgan fingerprint density at radius 2 is 1.76 bits per heavy atom. The Hall–Kier alpha value is -1.76. The second-order valence-corrected chi connectivity index (χ2v) is 5.16. The van der Waals surface area contributed by atoms with Crippen LogP contribution in [0.3, 0.4) is 0 Å². The molecule has 88 valence electrons. The number of anilines is 1. The highest BCUT2D eigenvalue weighted by atomic mass is 14.6. The lowest BCUT2D eigenvalue weighted by atomic mass is 9.76. The van der Waals surface area contributed by atoms with Crippen LogP contribution in [0.25, 0.3) is 10.8 Å². The van der Waals surface area contributed by atoms with Crippen LogP contribution in [0, 0.1) is 0 Å². The topological polar surface area (TPSA) is 26.0 Å². The van der Waals surface area contributed by atoms with Crippen molar-refractivity contribution in [3.8, 4) is 0 Å². The Bertz CT molecular complexity index is 579. The quantitative estimate of drug-likeness (QED) is 0.599. The molecule has 0 saturated carbocycles. The minimum atomic E-state index is -0.106. The predicted octanol–water partition coefficient (Wildman–Crippen LogP) is 4.28. The zero-order chi connectivity index (χ0) is 12.6. The molecule has 0 amide bonds. The molecule has 0 aliphatic carbocycles. The van der Waals surface area contributed by atoms with Crippen LogP contribution >= 0.6 is 0 Å². The van der Waals surface area contributed by atoms with E-state index in [4.69, 9.17) is 5.73 Å². The van der Waals surface area contributed by atoms with E-state index in [0.29, 0.717) is 0 Å². The Balaban J connectivity index is 2.84. The molecule has 2 aromatic rings. The molecule has 0 saturated heterocycles. The number of nitrogens with two attached hydrogens (primary N) is 1. The number of benzene rings is 2. The number of fused-ring (bicyclic) bond motifs is 1. The summed E-state index contributed by atoms with van der Waals surface area (Å²) in [7, 11) is 0. The largest absolute Gasteiger partial charge is 0.398 e. The zero-order valence-corrected chi connectivity index (χ0v) is 10.7. The Morgan fingerprint density at radius 3 is 2.41 bits per heavy atom. The van der Waals surface area contributed by atoms with E-state index < -0.39 is 0 Å². The number of rotatable bonds is 2. The van der Waals surface area contributed by atoms with Crippen molar-refractivity contribution in [3.05, 3.63) is 54.1 Å². The minimum Gasteiger partial charge on any atom is -0.398 e. The average Bonchev–Trinajstić information content (AvgIpc) is 2.28. The first-order valence-electron chi connectivity index (χ1n) is 5.88. The first kappa shape index (κ1) is 11.7. The first-order chi connectivity index (χ1) is 7.94. The van der Waals surface area contributed by atoms with Crippen molar-refractivity contribution < 1.29 is 0 Å². The van der Waals surface area contributed by atoms with Gasteiger partial charge in [0.15, 0.2) is 0 Å². The van der Waals surface area contributed by atoms with Gasteiger partial charge in [0, 0.05) is 11.1 Å². The van der Waals surface area contributed by atoms with E-state index in [1.807, 2.05) is 6.07 Å². The van der Waals surface area contributed by atoms with Crippen LogP contribution in [0.1, 0.15) is 26.3 Å². The second-order valence-electron chi connectivity index (χ2n) is 5.16. The van der Waals surface area contributed by atoms with Crippen molar-refractivity contribution >= 4 is 16.5 Å². The highest BCUT2D eigenvalue weighted by molar-refractivity contribution is 5.91. The molecule has 1 heteroatoms. The van der Waals surface area contributed by atoms with Crippen LogP contribution in [-0.2, 0) is 5.41 Å². The maximum absolute atomic E-state index is 6.17. The molecule has 0 heterocycles. The van der Waals surface area contributed by atoms with E-state index in [2.05, 4.69) is 57.7 Å². The molecule has 0 fully saturated rings. The standard InChI is InChI=1S/C16H19N/c1-11(2)16(3,4)15-13-8-6-5-7-12(13)9-10-14(15)17/h5-10H,1,17H2,2-4H3. The summed E-state index contributed by atoms with van der Waals surface area (Å²) in [6, 6.07) is 12.4. The van der Waals surface area contributed by atoms with Gasteiger partial charge in [-0.15, -0.1) is 0 Å². The molecule has 1 nitrogen and oxygen atoms in total. The van der Waals surface area contributed by atoms with Gasteiger partial charge < -0.3 is 5.73 Å². The SMILES string of the molecule is C=C(C)C(C)(C)c1c(N)ccc2ccccc12. The van der Waals surface area contributed by atoms with Gasteiger partial charge in [0.1, 0.15) is 0 Å². The second kappa shape index (κ2) is 3.92. The van der Waals surface area contributed by atoms with E-state index in [1.54, 1.807) is 0 Å². The molecule has 2 rings (SSSR count). The molecule has 17 heavy (non-hydrogen) atoms. The van der Waals surface area contributed by atoms with Gasteiger partial charge in [-0.05, 0) is 29.3 Å². The normalized spacial score (nSPS) is 11.7. The summed E-state index contributed by atoms with van der Waals surface area (Å²) >= 11 is 0. The van der Waals surface area contributed by atoms with E-state index in [-0.39, 0.29) is 5.41 Å². The maximum Gasteiger partial charge on any atom is 0.0361 e. The molecule has 0 aliphatic rings. The van der Waals surface area contributed by atoms with Gasteiger partial charge in [-0.1, -0.05) is 56.3 Å². The Labute approximate surface area is 103 Å². The molecule has 0 aliphatic heterocycles. The molecule has 2 aromatic carbocycles. The molecular formula is C16H19N. The summed E-state index contributed by atoms with van der Waals surface area (Å²) in [6.45, 7) is 10.5. The monoisotopic (exact) mass is 225 g/mol. The van der Waals surface area contributed by atoms with Gasteiger partial charge in [0.2, 0.25) is 0 Å². The van der Waals surface area contributed by atoms with Crippen molar-refractivity contribution in [1.82, 2.24) is 0 Å². The smallest absolute Gasteiger partial charge is 0.0361 e. The molecular weight excluding hydrogens is 206 g/mol. The highest BCUT2D eigenvalue weighted by Crippen LogP contribution is 2.38. The van der Waals surface area contributed by atoms with Gasteiger partial charge in [-0.2, -0.15) is 0 Å². The summed E-state index contributed by atoms with van der Waals surface area (Å²) in [5.74, 6) is 0. The van der Waals surface area contributed by atoms with Crippen LogP contribution in [-0.4, -0.2) is 0 Å². The summed E-state index contributed by atoms with van der Waals surface area (Å²) in [5.41, 5.74) is 9.22. The third-order valence-corrected chi connectivity index (χ3v) is 3.65. The molecule has 0 aromatic heterocycles. The van der Waals surface area contributed by atoms with Crippen LogP contribution in [0.4, 0.5) is 5.69 Å². The van der Waals surface area contributed by atoms with Crippen molar-refractivity contribution in [3.63, 3.8) is 0 Å². The maximum atomic E-state index is 6.17. The van der Waals surface area contributed by atoms with Gasteiger partial charge in [0.05, 0.1) is 0 Å². The lowest BCUT2D eigenvalue weighted by Gasteiger charge is -2.29. The van der Waals surface area contributed by atoms with Gasteiger partial charge in [-0.25, -0.2) is 0 Å². The average molecular weight is 225 g/mol. The molecule has 0 bridgehead atoms. The Morgan fingerprint density at radius 1 is 1.12 bits per heavy atom. The fraction of sp³-hybridized carbons (Fsp3) is 0.250. The van der Waals surface area contributed by atoms with Crippen molar-refractivity contribution in [2.75, 3.05) is 5.73 Å². The van der Waals surface area contributed by atoms with Gasteiger partial charge >= 0.3 is 0 Å². The molecule has 0 atom stereocenters. The van der Waals surface area contributed by atoms with Gasteiger partial charge in [0.25, 0.3) is 0 Å². The van der Waals surface area contributed by atoms with Crippen LogP contribution in [0.2, 0.25) is 0 Å². The fourth-order valence-corrected chi connectivity index (χ4v) is 2.20. The van der Waals surface area contributed by atoms with Crippen molar-refractivity contribution in [1.29, 1.82) is 0 Å². The highest BCUT2D eigenvalue weighted by Gasteiger charge is 2.25. The van der Waals surface area contributed by atoms with Crippen LogP contribution < -0.4 is 5.73 Å². The molecule has 0 unspecified atom stereocenters. The van der Waals surface area contributed by atoms with E-state index in [1.165, 1.54) is 16.3 Å². The number of nitrogen functional groups attached to an aromatic ring is 1. The molecule has 0 spiro atoms. The lowest BCUT2D eigenvalue weighted by molar-refractivity contribution is 0.634. The Kier molecular flexibility index (Phi) is 2.70. The van der Waals surface area contributed by atoms with E-state index in [0.717, 1.165) is 11.3 Å². The molecule has 0 radical (unpaired) electrons. The van der Waals surface area contributed by atoms with E-state index >= 15 is 0 Å². The summed E-state index contributed by atoms with van der Waals surface area (Å²) in [6.07, 6.45) is 0.